The summed E-state index contributed by atoms with van der Waals surface area (Å²) < 4.78 is 40.4. The minimum absolute atomic E-state index is 0.0458. The molecule has 0 spiro atoms. The van der Waals surface area contributed by atoms with Gasteiger partial charge in [-0.3, -0.25) is 0 Å². The highest BCUT2D eigenvalue weighted by atomic mass is 79.9. The Morgan fingerprint density at radius 2 is 2.12 bits per heavy atom. The quantitative estimate of drug-likeness (QED) is 0.882. The van der Waals surface area contributed by atoms with Crippen LogP contribution in [-0.2, 0) is 16.6 Å². The molecule has 7 heteroatoms. The minimum atomic E-state index is -3.85. The standard InChI is InChI=1S/C10H11BrFNO3S/c11-7-3-6(5-14)10(12)9(4-7)17(15,16)13-8-1-2-8/h3-4,8,13-14H,1-2,5H2. The van der Waals surface area contributed by atoms with Gasteiger partial charge >= 0.3 is 0 Å². The Labute approximate surface area is 107 Å². The van der Waals surface area contributed by atoms with Gasteiger partial charge in [0.05, 0.1) is 6.61 Å². The molecular weight excluding hydrogens is 313 g/mol. The van der Waals surface area contributed by atoms with Gasteiger partial charge in [0.1, 0.15) is 10.7 Å². The second-order valence-corrected chi connectivity index (χ2v) is 6.53. The number of aliphatic hydroxyl groups is 1. The van der Waals surface area contributed by atoms with Crippen LogP contribution >= 0.6 is 15.9 Å². The first-order valence-corrected chi connectivity index (χ1v) is 7.33. The first-order valence-electron chi connectivity index (χ1n) is 5.05. The van der Waals surface area contributed by atoms with Crippen molar-refractivity contribution in [2.45, 2.75) is 30.4 Å². The van der Waals surface area contributed by atoms with E-state index in [0.717, 1.165) is 12.8 Å². The summed E-state index contributed by atoms with van der Waals surface area (Å²) in [6.07, 6.45) is 1.56. The van der Waals surface area contributed by atoms with Gasteiger partial charge in [-0.15, -0.1) is 0 Å². The van der Waals surface area contributed by atoms with Crippen molar-refractivity contribution in [1.29, 1.82) is 0 Å². The first kappa shape index (κ1) is 12.9. The molecule has 1 aromatic rings. The predicted molar refractivity (Wildman–Crippen MR) is 63.4 cm³/mol. The fourth-order valence-electron chi connectivity index (χ4n) is 1.41. The van der Waals surface area contributed by atoms with E-state index in [4.69, 9.17) is 5.11 Å². The largest absolute Gasteiger partial charge is 0.392 e. The minimum Gasteiger partial charge on any atom is -0.392 e. The van der Waals surface area contributed by atoms with Crippen LogP contribution in [0.15, 0.2) is 21.5 Å². The lowest BCUT2D eigenvalue weighted by Crippen LogP contribution is -2.27. The highest BCUT2D eigenvalue weighted by Gasteiger charge is 2.30. The van der Waals surface area contributed by atoms with Gasteiger partial charge in [0.25, 0.3) is 0 Å². The Bertz CT molecular complexity index is 543. The maximum atomic E-state index is 13.8. The van der Waals surface area contributed by atoms with Gasteiger partial charge < -0.3 is 5.11 Å². The lowest BCUT2D eigenvalue weighted by Gasteiger charge is -2.09. The molecule has 4 nitrogen and oxygen atoms in total. The van der Waals surface area contributed by atoms with Crippen LogP contribution in [0.5, 0.6) is 0 Å². The summed E-state index contributed by atoms with van der Waals surface area (Å²) in [6.45, 7) is -0.544. The van der Waals surface area contributed by atoms with E-state index in [-0.39, 0.29) is 11.6 Å². The van der Waals surface area contributed by atoms with Crippen LogP contribution < -0.4 is 4.72 Å². The van der Waals surface area contributed by atoms with Crippen LogP contribution in [0.3, 0.4) is 0 Å². The number of halogens is 2. The third-order valence-corrected chi connectivity index (χ3v) is 4.42. The van der Waals surface area contributed by atoms with Gasteiger partial charge in [0, 0.05) is 16.1 Å². The molecule has 2 N–H and O–H groups in total. The normalized spacial score (nSPS) is 16.2. The maximum Gasteiger partial charge on any atom is 0.243 e. The number of aliphatic hydroxyl groups excluding tert-OH is 1. The summed E-state index contributed by atoms with van der Waals surface area (Å²) >= 11 is 3.09. The number of hydrogen-bond acceptors (Lipinski definition) is 3. The molecule has 1 aromatic carbocycles. The Kier molecular flexibility index (Phi) is 3.53. The second kappa shape index (κ2) is 4.64. The lowest BCUT2D eigenvalue weighted by molar-refractivity contribution is 0.274. The molecule has 0 amide bonds. The Morgan fingerprint density at radius 1 is 1.47 bits per heavy atom. The van der Waals surface area contributed by atoms with Crippen molar-refractivity contribution >= 4 is 26.0 Å². The maximum absolute atomic E-state index is 13.8. The molecule has 0 atom stereocenters. The molecular formula is C10H11BrFNO3S. The van der Waals surface area contributed by atoms with E-state index < -0.39 is 27.3 Å². The lowest BCUT2D eigenvalue weighted by atomic mass is 10.2. The number of nitrogens with one attached hydrogen (secondary N) is 1. The highest BCUT2D eigenvalue weighted by Crippen LogP contribution is 2.27. The number of rotatable bonds is 4. The van der Waals surface area contributed by atoms with E-state index >= 15 is 0 Å². The van der Waals surface area contributed by atoms with Gasteiger partial charge in [-0.2, -0.15) is 0 Å². The second-order valence-electron chi connectivity index (χ2n) is 3.93. The molecule has 1 aliphatic carbocycles. The zero-order valence-electron chi connectivity index (χ0n) is 8.78. The molecule has 94 valence electrons. The van der Waals surface area contributed by atoms with Crippen molar-refractivity contribution in [1.82, 2.24) is 4.72 Å². The number of hydrogen-bond donors (Lipinski definition) is 2. The van der Waals surface area contributed by atoms with E-state index in [0.29, 0.717) is 4.47 Å². The third-order valence-electron chi connectivity index (χ3n) is 2.44. The van der Waals surface area contributed by atoms with E-state index in [9.17, 15) is 12.8 Å². The molecule has 0 unspecified atom stereocenters. The van der Waals surface area contributed by atoms with E-state index in [1.807, 2.05) is 0 Å². The van der Waals surface area contributed by atoms with E-state index in [1.165, 1.54) is 12.1 Å². The van der Waals surface area contributed by atoms with Crippen molar-refractivity contribution in [3.8, 4) is 0 Å². The van der Waals surface area contributed by atoms with Crippen LogP contribution in [0.4, 0.5) is 4.39 Å². The molecule has 2 rings (SSSR count). The molecule has 0 aliphatic heterocycles. The molecule has 1 aliphatic rings. The zero-order valence-corrected chi connectivity index (χ0v) is 11.2. The Hall–Kier alpha value is -0.500. The molecule has 1 saturated carbocycles. The molecule has 0 radical (unpaired) electrons. The molecule has 0 saturated heterocycles. The summed E-state index contributed by atoms with van der Waals surface area (Å²) in [4.78, 5) is -0.428. The van der Waals surface area contributed by atoms with Crippen molar-refractivity contribution in [2.24, 2.45) is 0 Å². The van der Waals surface area contributed by atoms with Gasteiger partial charge in [0.15, 0.2) is 0 Å². The summed E-state index contributed by atoms with van der Waals surface area (Å²) in [5, 5.41) is 8.95. The molecule has 1 fully saturated rings. The van der Waals surface area contributed by atoms with Crippen LogP contribution in [0, 0.1) is 5.82 Å². The van der Waals surface area contributed by atoms with E-state index in [1.54, 1.807) is 0 Å². The predicted octanol–water partition coefficient (Wildman–Crippen LogP) is 1.52. The van der Waals surface area contributed by atoms with Crippen LogP contribution in [0.1, 0.15) is 18.4 Å². The van der Waals surface area contributed by atoms with Crippen molar-refractivity contribution < 1.29 is 17.9 Å². The van der Waals surface area contributed by atoms with Gasteiger partial charge in [-0.25, -0.2) is 17.5 Å². The van der Waals surface area contributed by atoms with Crippen molar-refractivity contribution in [3.63, 3.8) is 0 Å². The van der Waals surface area contributed by atoms with E-state index in [2.05, 4.69) is 20.7 Å². The monoisotopic (exact) mass is 323 g/mol. The number of benzene rings is 1. The van der Waals surface area contributed by atoms with Gasteiger partial charge in [-0.1, -0.05) is 15.9 Å². The highest BCUT2D eigenvalue weighted by molar-refractivity contribution is 9.10. The summed E-state index contributed by atoms with van der Waals surface area (Å²) in [7, 11) is -3.85. The fourth-order valence-corrected chi connectivity index (χ4v) is 3.52. The van der Waals surface area contributed by atoms with Crippen LogP contribution in [0.2, 0.25) is 0 Å². The Morgan fingerprint density at radius 3 is 2.65 bits per heavy atom. The molecule has 0 heterocycles. The third kappa shape index (κ3) is 2.85. The molecule has 17 heavy (non-hydrogen) atoms. The summed E-state index contributed by atoms with van der Waals surface area (Å²) in [6, 6.07) is 2.46. The number of sulfonamides is 1. The molecule has 0 aromatic heterocycles. The van der Waals surface area contributed by atoms with Crippen LogP contribution in [0.25, 0.3) is 0 Å². The topological polar surface area (TPSA) is 66.4 Å². The Balaban J connectivity index is 2.46. The average Bonchev–Trinajstić information content (AvgIpc) is 3.03. The average molecular weight is 324 g/mol. The smallest absolute Gasteiger partial charge is 0.243 e. The fraction of sp³-hybridized carbons (Fsp3) is 0.400. The summed E-state index contributed by atoms with van der Waals surface area (Å²) in [5.74, 6) is -0.899. The molecule has 0 bridgehead atoms. The van der Waals surface area contributed by atoms with Gasteiger partial charge in [0.2, 0.25) is 10.0 Å². The van der Waals surface area contributed by atoms with Crippen LogP contribution in [-0.4, -0.2) is 19.6 Å². The first-order chi connectivity index (χ1) is 7.94. The van der Waals surface area contributed by atoms with Crippen molar-refractivity contribution in [3.05, 3.63) is 28.0 Å². The zero-order chi connectivity index (χ0) is 12.6. The SMILES string of the molecule is O=S(=O)(NC1CC1)c1cc(Br)cc(CO)c1F. The van der Waals surface area contributed by atoms with Gasteiger partial charge in [-0.05, 0) is 25.0 Å². The summed E-state index contributed by atoms with van der Waals surface area (Å²) in [5.41, 5.74) is -0.0458. The van der Waals surface area contributed by atoms with Crippen molar-refractivity contribution in [2.75, 3.05) is 0 Å².